The number of carbonyl (C=O) groups excluding carboxylic acids is 1. The van der Waals surface area contributed by atoms with E-state index in [0.29, 0.717) is 35.0 Å². The molecule has 4 atom stereocenters. The number of imidazole rings is 1. The predicted molar refractivity (Wildman–Crippen MR) is 135 cm³/mol. The van der Waals surface area contributed by atoms with Crippen LogP contribution in [0.25, 0.3) is 11.2 Å². The molecule has 1 amide bonds. The summed E-state index contributed by atoms with van der Waals surface area (Å²) in [5.41, 5.74) is 2.83. The van der Waals surface area contributed by atoms with Crippen molar-refractivity contribution >= 4 is 34.4 Å². The number of rotatable bonds is 3. The number of nitrogens with zero attached hydrogens (tertiary/aromatic N) is 4. The Morgan fingerprint density at radius 2 is 2.03 bits per heavy atom. The van der Waals surface area contributed by atoms with Gasteiger partial charge in [-0.3, -0.25) is 4.79 Å². The molecule has 3 aromatic rings. The van der Waals surface area contributed by atoms with Crippen molar-refractivity contribution in [3.63, 3.8) is 0 Å². The molecule has 2 fully saturated rings. The average molecular weight is 494 g/mol. The first-order valence-electron chi connectivity index (χ1n) is 12.6. The molecule has 190 valence electrons. The molecule has 0 saturated heterocycles. The van der Waals surface area contributed by atoms with E-state index in [-0.39, 0.29) is 35.9 Å². The van der Waals surface area contributed by atoms with E-state index in [1.54, 1.807) is 20.2 Å². The number of aromatic nitrogens is 4. The summed E-state index contributed by atoms with van der Waals surface area (Å²) < 4.78 is 15.2. The Hall–Kier alpha value is -3.44. The van der Waals surface area contributed by atoms with Gasteiger partial charge in [0.15, 0.2) is 5.65 Å². The van der Waals surface area contributed by atoms with Crippen molar-refractivity contribution in [2.24, 2.45) is 0 Å². The van der Waals surface area contributed by atoms with E-state index in [2.05, 4.69) is 25.9 Å². The summed E-state index contributed by atoms with van der Waals surface area (Å²) in [4.78, 5) is 35.9. The lowest BCUT2D eigenvalue weighted by Crippen LogP contribution is -2.52. The van der Waals surface area contributed by atoms with Gasteiger partial charge in [0.05, 0.1) is 36.6 Å². The number of methoxy groups -OCH3 is 1. The van der Waals surface area contributed by atoms with Gasteiger partial charge in [-0.05, 0) is 37.3 Å². The lowest BCUT2D eigenvalue weighted by atomic mass is 9.89. The van der Waals surface area contributed by atoms with Crippen LogP contribution in [0.15, 0.2) is 29.5 Å². The van der Waals surface area contributed by atoms with Gasteiger partial charge in [-0.2, -0.15) is 0 Å². The maximum absolute atomic E-state index is 13.7. The molecule has 11 nitrogen and oxygen atoms in total. The van der Waals surface area contributed by atoms with Crippen molar-refractivity contribution < 1.29 is 14.3 Å². The lowest BCUT2D eigenvalue weighted by Gasteiger charge is -2.37. The van der Waals surface area contributed by atoms with Gasteiger partial charge in [0, 0.05) is 26.4 Å². The van der Waals surface area contributed by atoms with E-state index in [1.807, 2.05) is 16.8 Å². The van der Waals surface area contributed by atoms with E-state index in [0.717, 1.165) is 44.1 Å². The number of hydrogen-bond acceptors (Lipinski definition) is 8. The molecule has 1 aliphatic heterocycles. The zero-order valence-corrected chi connectivity index (χ0v) is 20.5. The minimum Gasteiger partial charge on any atom is -0.386 e. The molecule has 0 unspecified atom stereocenters. The van der Waals surface area contributed by atoms with Gasteiger partial charge in [0.25, 0.3) is 5.56 Å². The summed E-state index contributed by atoms with van der Waals surface area (Å²) in [5.74, 6) is 0.439. The zero-order valence-electron chi connectivity index (χ0n) is 20.5. The molecule has 4 bridgehead atoms. The number of anilines is 3. The monoisotopic (exact) mass is 493 g/mol. The van der Waals surface area contributed by atoms with Gasteiger partial charge in [-0.15, -0.1) is 0 Å². The second kappa shape index (κ2) is 9.21. The van der Waals surface area contributed by atoms with Crippen molar-refractivity contribution in [1.29, 1.82) is 0 Å². The van der Waals surface area contributed by atoms with Crippen LogP contribution in [0.5, 0.6) is 0 Å². The van der Waals surface area contributed by atoms with Gasteiger partial charge in [-0.1, -0.05) is 12.8 Å². The molecule has 11 heteroatoms. The molecular formula is C25H31N7O4. The van der Waals surface area contributed by atoms with Gasteiger partial charge >= 0.3 is 6.03 Å². The van der Waals surface area contributed by atoms with Crippen LogP contribution in [0.1, 0.15) is 50.1 Å². The molecule has 0 radical (unpaired) electrons. The van der Waals surface area contributed by atoms with E-state index < -0.39 is 0 Å². The van der Waals surface area contributed by atoms with E-state index in [1.165, 1.54) is 10.9 Å². The summed E-state index contributed by atoms with van der Waals surface area (Å²) in [6.45, 7) is 0.334. The number of nitrogens with one attached hydrogen (secondary N) is 3. The SMILES string of the molecule is CNc1cc2nc3c1ncn3C(=O)N[C@@H]1CC[C@H]1OCc1cc(c(=O)n([C@@H]3CCCC[C@@H]3OC)c1)N2. The third-order valence-corrected chi connectivity index (χ3v) is 7.67. The van der Waals surface area contributed by atoms with E-state index in [4.69, 9.17) is 9.47 Å². The van der Waals surface area contributed by atoms with Gasteiger partial charge in [0.2, 0.25) is 0 Å². The summed E-state index contributed by atoms with van der Waals surface area (Å²) in [6.07, 6.45) is 8.92. The smallest absolute Gasteiger partial charge is 0.328 e. The lowest BCUT2D eigenvalue weighted by molar-refractivity contribution is -0.0327. The van der Waals surface area contributed by atoms with Crippen molar-refractivity contribution in [2.75, 3.05) is 24.8 Å². The number of fused-ring (bicyclic) bond motifs is 4. The first-order chi connectivity index (χ1) is 17.6. The van der Waals surface area contributed by atoms with Crippen molar-refractivity contribution in [3.8, 4) is 0 Å². The van der Waals surface area contributed by atoms with Gasteiger partial charge in [-0.25, -0.2) is 19.3 Å². The van der Waals surface area contributed by atoms with Crippen LogP contribution in [0.2, 0.25) is 0 Å². The van der Waals surface area contributed by atoms with Crippen LogP contribution in [0.3, 0.4) is 0 Å². The van der Waals surface area contributed by atoms with Crippen molar-refractivity contribution in [2.45, 2.75) is 69.4 Å². The highest BCUT2D eigenvalue weighted by molar-refractivity contribution is 5.94. The molecule has 0 aromatic carbocycles. The van der Waals surface area contributed by atoms with Gasteiger partial charge < -0.3 is 30.0 Å². The second-order valence-corrected chi connectivity index (χ2v) is 9.80. The Morgan fingerprint density at radius 3 is 2.81 bits per heavy atom. The minimum atomic E-state index is -0.302. The van der Waals surface area contributed by atoms with Crippen molar-refractivity contribution in [1.82, 2.24) is 24.4 Å². The highest BCUT2D eigenvalue weighted by atomic mass is 16.5. The summed E-state index contributed by atoms with van der Waals surface area (Å²) in [6, 6.07) is 3.18. The predicted octanol–water partition coefficient (Wildman–Crippen LogP) is 3.13. The molecule has 3 aromatic heterocycles. The largest absolute Gasteiger partial charge is 0.386 e. The average Bonchev–Trinajstić information content (AvgIpc) is 3.31. The summed E-state index contributed by atoms with van der Waals surface area (Å²) >= 11 is 0. The maximum atomic E-state index is 13.7. The fourth-order valence-corrected chi connectivity index (χ4v) is 5.54. The number of amides is 1. The molecule has 6 rings (SSSR count). The molecule has 2 aliphatic carbocycles. The number of carbonyl (C=O) groups is 1. The highest BCUT2D eigenvalue weighted by Crippen LogP contribution is 2.32. The van der Waals surface area contributed by atoms with Crippen molar-refractivity contribution in [3.05, 3.63) is 40.6 Å². The molecule has 3 N–H and O–H groups in total. The third kappa shape index (κ3) is 3.92. The molecule has 4 heterocycles. The molecular weight excluding hydrogens is 462 g/mol. The Balaban J connectivity index is 1.49. The number of ether oxygens (including phenoxy) is 2. The quantitative estimate of drug-likeness (QED) is 0.508. The normalized spacial score (nSPS) is 25.9. The maximum Gasteiger partial charge on any atom is 0.328 e. The number of hydrogen-bond donors (Lipinski definition) is 3. The molecule has 3 aliphatic rings. The topological polar surface area (TPSA) is 124 Å². The second-order valence-electron chi connectivity index (χ2n) is 9.80. The van der Waals surface area contributed by atoms with Crippen LogP contribution in [-0.4, -0.2) is 57.5 Å². The standard InChI is InChI=1S/C25H31N7O4/c1-26-16-10-21-28-17-9-14(11-31(24(17)33)18-5-3-4-6-20(18)35-2)12-36-19-8-7-15(19)29-25(34)32-13-27-22(16)23(32)30-21/h9-11,13,15,18-20H,3-8,12H2,1-2H3,(H,29,34)(H2,26,28,30)/t15-,18-,19-,20+/m1/s1. The van der Waals surface area contributed by atoms with Crippen LogP contribution in [0.4, 0.5) is 22.0 Å². The molecule has 0 spiro atoms. The van der Waals surface area contributed by atoms with Gasteiger partial charge in [0.1, 0.15) is 23.3 Å². The Labute approximate surface area is 208 Å². The summed E-state index contributed by atoms with van der Waals surface area (Å²) in [7, 11) is 3.50. The third-order valence-electron chi connectivity index (χ3n) is 7.67. The van der Waals surface area contributed by atoms with E-state index in [9.17, 15) is 9.59 Å². The first kappa shape index (κ1) is 23.0. The summed E-state index contributed by atoms with van der Waals surface area (Å²) in [5, 5.41) is 9.41. The molecule has 2 saturated carbocycles. The highest BCUT2D eigenvalue weighted by Gasteiger charge is 2.34. The Kier molecular flexibility index (Phi) is 5.88. The van der Waals surface area contributed by atoms with E-state index >= 15 is 0 Å². The minimum absolute atomic E-state index is 0.0167. The van der Waals surface area contributed by atoms with Crippen LogP contribution in [-0.2, 0) is 16.1 Å². The van der Waals surface area contributed by atoms with Crippen LogP contribution >= 0.6 is 0 Å². The number of pyridine rings is 2. The first-order valence-corrected chi connectivity index (χ1v) is 12.6. The fourth-order valence-electron chi connectivity index (χ4n) is 5.54. The zero-order chi connectivity index (χ0) is 24.8. The fraction of sp³-hybridized carbons (Fsp3) is 0.520. The Morgan fingerprint density at radius 1 is 1.17 bits per heavy atom. The van der Waals surface area contributed by atoms with Crippen LogP contribution < -0.4 is 21.5 Å². The molecule has 36 heavy (non-hydrogen) atoms. The van der Waals surface area contributed by atoms with Crippen LogP contribution in [0, 0.1) is 0 Å². The Bertz CT molecular complexity index is 1370.